The Morgan fingerprint density at radius 2 is 2.00 bits per heavy atom. The van der Waals surface area contributed by atoms with E-state index in [1.54, 1.807) is 6.26 Å². The minimum atomic E-state index is 0.330. The minimum absolute atomic E-state index is 0.330. The molecule has 1 aromatic carbocycles. The molecule has 0 N–H and O–H groups in total. The Labute approximate surface area is 77.5 Å². The molecule has 0 bridgehead atoms. The topological polar surface area (TPSA) is 21.6 Å². The summed E-state index contributed by atoms with van der Waals surface area (Å²) < 4.78 is 0. The van der Waals surface area contributed by atoms with E-state index in [1.807, 2.05) is 36.4 Å². The monoisotopic (exact) mass is 173 g/mol. The van der Waals surface area contributed by atoms with Gasteiger partial charge < -0.3 is 4.84 Å². The zero-order valence-electron chi connectivity index (χ0n) is 7.47. The normalized spacial score (nSPS) is 20.7. The molecule has 0 amide bonds. The van der Waals surface area contributed by atoms with E-state index < -0.39 is 0 Å². The molecule has 0 saturated heterocycles. The first-order valence-corrected chi connectivity index (χ1v) is 4.34. The SMILES string of the molecule is CC1C=CON=C1c1ccccc1. The molecule has 0 spiro atoms. The van der Waals surface area contributed by atoms with Crippen LogP contribution in [-0.4, -0.2) is 5.71 Å². The maximum Gasteiger partial charge on any atom is 0.118 e. The van der Waals surface area contributed by atoms with Crippen LogP contribution in [0, 0.1) is 5.92 Å². The average Bonchev–Trinajstić information content (AvgIpc) is 2.20. The standard InChI is InChI=1S/C11H11NO/c1-9-7-8-13-12-11(9)10-5-3-2-4-6-10/h2-9H,1H3. The first-order chi connectivity index (χ1) is 6.38. The lowest BCUT2D eigenvalue weighted by Crippen LogP contribution is -2.13. The molecule has 2 rings (SSSR count). The molecule has 2 heteroatoms. The molecule has 0 fully saturated rings. The molecule has 13 heavy (non-hydrogen) atoms. The average molecular weight is 173 g/mol. The first kappa shape index (κ1) is 8.05. The van der Waals surface area contributed by atoms with Crippen LogP contribution in [0.2, 0.25) is 0 Å². The first-order valence-electron chi connectivity index (χ1n) is 4.34. The lowest BCUT2D eigenvalue weighted by molar-refractivity contribution is 0.258. The van der Waals surface area contributed by atoms with Gasteiger partial charge in [-0.25, -0.2) is 0 Å². The van der Waals surface area contributed by atoms with E-state index in [0.29, 0.717) is 5.92 Å². The second-order valence-corrected chi connectivity index (χ2v) is 3.07. The van der Waals surface area contributed by atoms with Crippen molar-refractivity contribution in [3.8, 4) is 0 Å². The van der Waals surface area contributed by atoms with Gasteiger partial charge in [-0.05, 0) is 11.6 Å². The molecule has 0 aromatic heterocycles. The van der Waals surface area contributed by atoms with Crippen molar-refractivity contribution in [3.05, 3.63) is 48.2 Å². The summed E-state index contributed by atoms with van der Waals surface area (Å²) in [6.45, 7) is 2.10. The molecule has 2 nitrogen and oxygen atoms in total. The molecule has 1 aliphatic rings. The summed E-state index contributed by atoms with van der Waals surface area (Å²) in [6, 6.07) is 10.1. The predicted molar refractivity (Wildman–Crippen MR) is 52.4 cm³/mol. The maximum absolute atomic E-state index is 4.91. The zero-order valence-corrected chi connectivity index (χ0v) is 7.47. The second-order valence-electron chi connectivity index (χ2n) is 3.07. The van der Waals surface area contributed by atoms with Gasteiger partial charge in [0.05, 0.1) is 5.71 Å². The fraction of sp³-hybridized carbons (Fsp3) is 0.182. The molecule has 0 radical (unpaired) electrons. The summed E-state index contributed by atoms with van der Waals surface area (Å²) in [6.07, 6.45) is 3.62. The molecule has 0 aliphatic carbocycles. The van der Waals surface area contributed by atoms with Gasteiger partial charge in [0.2, 0.25) is 0 Å². The fourth-order valence-electron chi connectivity index (χ4n) is 1.34. The highest BCUT2D eigenvalue weighted by molar-refractivity contribution is 6.02. The van der Waals surface area contributed by atoms with Crippen LogP contribution < -0.4 is 0 Å². The quantitative estimate of drug-likeness (QED) is 0.639. The largest absolute Gasteiger partial charge is 0.365 e. The molecular weight excluding hydrogens is 162 g/mol. The van der Waals surface area contributed by atoms with Gasteiger partial charge in [-0.2, -0.15) is 0 Å². The maximum atomic E-state index is 4.91. The zero-order chi connectivity index (χ0) is 9.10. The third-order valence-electron chi connectivity index (χ3n) is 2.08. The number of allylic oxidation sites excluding steroid dienone is 1. The van der Waals surface area contributed by atoms with E-state index in [1.165, 1.54) is 0 Å². The van der Waals surface area contributed by atoms with Crippen LogP contribution in [0.1, 0.15) is 12.5 Å². The van der Waals surface area contributed by atoms with Gasteiger partial charge in [0.1, 0.15) is 6.26 Å². The second kappa shape index (κ2) is 3.44. The van der Waals surface area contributed by atoms with Gasteiger partial charge in [0, 0.05) is 5.92 Å². The van der Waals surface area contributed by atoms with Crippen LogP contribution in [0.5, 0.6) is 0 Å². The number of nitrogens with zero attached hydrogens (tertiary/aromatic N) is 1. The Balaban J connectivity index is 2.32. The van der Waals surface area contributed by atoms with Gasteiger partial charge in [-0.1, -0.05) is 42.4 Å². The lowest BCUT2D eigenvalue weighted by atomic mass is 9.98. The summed E-state index contributed by atoms with van der Waals surface area (Å²) in [5, 5.41) is 4.01. The highest BCUT2D eigenvalue weighted by Gasteiger charge is 2.13. The van der Waals surface area contributed by atoms with Crippen molar-refractivity contribution >= 4 is 5.71 Å². The van der Waals surface area contributed by atoms with Crippen molar-refractivity contribution in [3.63, 3.8) is 0 Å². The molecular formula is C11H11NO. The molecule has 0 saturated carbocycles. The highest BCUT2D eigenvalue weighted by Crippen LogP contribution is 2.14. The van der Waals surface area contributed by atoms with Crippen LogP contribution >= 0.6 is 0 Å². The van der Waals surface area contributed by atoms with Crippen molar-refractivity contribution < 1.29 is 4.84 Å². The van der Waals surface area contributed by atoms with Crippen LogP contribution in [0.3, 0.4) is 0 Å². The summed E-state index contributed by atoms with van der Waals surface area (Å²) in [7, 11) is 0. The lowest BCUT2D eigenvalue weighted by Gasteiger charge is -2.13. The number of hydrogen-bond donors (Lipinski definition) is 0. The van der Waals surface area contributed by atoms with E-state index in [4.69, 9.17) is 4.84 Å². The number of benzene rings is 1. The van der Waals surface area contributed by atoms with Crippen molar-refractivity contribution in [2.24, 2.45) is 11.1 Å². The Morgan fingerprint density at radius 1 is 1.23 bits per heavy atom. The van der Waals surface area contributed by atoms with Gasteiger partial charge in [0.15, 0.2) is 0 Å². The summed E-state index contributed by atoms with van der Waals surface area (Å²) in [5.74, 6) is 0.330. The Hall–Kier alpha value is -1.57. The summed E-state index contributed by atoms with van der Waals surface area (Å²) >= 11 is 0. The number of hydrogen-bond acceptors (Lipinski definition) is 2. The van der Waals surface area contributed by atoms with Crippen LogP contribution in [0.15, 0.2) is 47.8 Å². The van der Waals surface area contributed by atoms with E-state index in [0.717, 1.165) is 11.3 Å². The smallest absolute Gasteiger partial charge is 0.118 e. The number of rotatable bonds is 1. The Bertz CT molecular complexity index is 340. The van der Waals surface area contributed by atoms with Gasteiger partial charge >= 0.3 is 0 Å². The molecule has 1 atom stereocenters. The van der Waals surface area contributed by atoms with E-state index in [-0.39, 0.29) is 0 Å². The van der Waals surface area contributed by atoms with Crippen molar-refractivity contribution in [2.45, 2.75) is 6.92 Å². The molecule has 1 unspecified atom stereocenters. The fourth-order valence-corrected chi connectivity index (χ4v) is 1.34. The molecule has 1 heterocycles. The minimum Gasteiger partial charge on any atom is -0.365 e. The summed E-state index contributed by atoms with van der Waals surface area (Å²) in [4.78, 5) is 4.91. The van der Waals surface area contributed by atoms with Crippen LogP contribution in [0.25, 0.3) is 0 Å². The van der Waals surface area contributed by atoms with Crippen molar-refractivity contribution in [2.75, 3.05) is 0 Å². The van der Waals surface area contributed by atoms with E-state index in [9.17, 15) is 0 Å². The Kier molecular flexibility index (Phi) is 2.13. The van der Waals surface area contributed by atoms with Gasteiger partial charge in [-0.15, -0.1) is 0 Å². The third kappa shape index (κ3) is 1.61. The summed E-state index contributed by atoms with van der Waals surface area (Å²) in [5.41, 5.74) is 2.11. The predicted octanol–water partition coefficient (Wildman–Crippen LogP) is 2.57. The molecule has 1 aliphatic heterocycles. The van der Waals surface area contributed by atoms with Crippen LogP contribution in [0.4, 0.5) is 0 Å². The van der Waals surface area contributed by atoms with Gasteiger partial charge in [-0.3, -0.25) is 0 Å². The molecule has 1 aromatic rings. The van der Waals surface area contributed by atoms with E-state index >= 15 is 0 Å². The third-order valence-corrected chi connectivity index (χ3v) is 2.08. The van der Waals surface area contributed by atoms with Crippen molar-refractivity contribution in [1.29, 1.82) is 0 Å². The number of oxime groups is 1. The Morgan fingerprint density at radius 3 is 2.69 bits per heavy atom. The van der Waals surface area contributed by atoms with Crippen LogP contribution in [-0.2, 0) is 4.84 Å². The van der Waals surface area contributed by atoms with Crippen molar-refractivity contribution in [1.82, 2.24) is 0 Å². The van der Waals surface area contributed by atoms with Gasteiger partial charge in [0.25, 0.3) is 0 Å². The highest BCUT2D eigenvalue weighted by atomic mass is 16.6. The van der Waals surface area contributed by atoms with E-state index in [2.05, 4.69) is 12.1 Å². The molecule has 66 valence electrons.